The highest BCUT2D eigenvalue weighted by Gasteiger charge is 2.43. The average Bonchev–Trinajstić information content (AvgIpc) is 2.61. The van der Waals surface area contributed by atoms with Crippen molar-refractivity contribution in [1.82, 2.24) is 5.32 Å². The molecule has 1 heterocycles. The van der Waals surface area contributed by atoms with Crippen molar-refractivity contribution >= 4 is 17.5 Å². The fourth-order valence-electron chi connectivity index (χ4n) is 2.73. The summed E-state index contributed by atoms with van der Waals surface area (Å²) in [4.78, 5) is 27.2. The number of para-hydroxylation sites is 1. The molecule has 0 spiro atoms. The molecule has 4 heteroatoms. The largest absolute Gasteiger partial charge is 0.338 e. The molecule has 0 radical (unpaired) electrons. The number of amides is 2. The van der Waals surface area contributed by atoms with Crippen LogP contribution in [0.3, 0.4) is 0 Å². The maximum absolute atomic E-state index is 13.0. The number of rotatable bonds is 4. The van der Waals surface area contributed by atoms with Crippen LogP contribution in [-0.2, 0) is 4.79 Å². The maximum Gasteiger partial charge on any atom is 0.254 e. The van der Waals surface area contributed by atoms with Gasteiger partial charge >= 0.3 is 0 Å². The van der Waals surface area contributed by atoms with E-state index in [0.29, 0.717) is 30.6 Å². The van der Waals surface area contributed by atoms with Crippen molar-refractivity contribution in [2.24, 2.45) is 0 Å². The second kappa shape index (κ2) is 6.12. The Labute approximate surface area is 125 Å². The predicted octanol–water partition coefficient (Wildman–Crippen LogP) is 2.90. The number of hydrogen-bond donors (Lipinski definition) is 1. The number of hydrogen-bond acceptors (Lipinski definition) is 2. The first-order valence-corrected chi connectivity index (χ1v) is 7.44. The van der Waals surface area contributed by atoms with Crippen LogP contribution in [0.25, 0.3) is 0 Å². The van der Waals surface area contributed by atoms with Gasteiger partial charge in [-0.25, -0.2) is 0 Å². The molecule has 1 N–H and O–H groups in total. The Hall–Kier alpha value is -2.10. The monoisotopic (exact) mass is 286 g/mol. The Balaban J connectivity index is 2.59. The second-order valence-corrected chi connectivity index (χ2v) is 5.25. The van der Waals surface area contributed by atoms with Gasteiger partial charge in [0.25, 0.3) is 11.8 Å². The summed E-state index contributed by atoms with van der Waals surface area (Å²) in [5.74, 6) is -0.213. The highest BCUT2D eigenvalue weighted by atomic mass is 16.2. The number of carbonyl (C=O) groups excluding carboxylic acids is 2. The summed E-state index contributed by atoms with van der Waals surface area (Å²) in [5, 5.41) is 2.95. The van der Waals surface area contributed by atoms with Crippen LogP contribution in [0.4, 0.5) is 5.69 Å². The van der Waals surface area contributed by atoms with Gasteiger partial charge in [-0.2, -0.15) is 0 Å². The lowest BCUT2D eigenvalue weighted by molar-refractivity contribution is -0.124. The van der Waals surface area contributed by atoms with Crippen LogP contribution < -0.4 is 10.2 Å². The van der Waals surface area contributed by atoms with Crippen LogP contribution >= 0.6 is 0 Å². The lowest BCUT2D eigenvalue weighted by Gasteiger charge is -2.33. The molecule has 0 aromatic heterocycles. The van der Waals surface area contributed by atoms with Gasteiger partial charge in [0.05, 0.1) is 11.3 Å². The summed E-state index contributed by atoms with van der Waals surface area (Å²) in [6.07, 6.45) is 5.00. The summed E-state index contributed by atoms with van der Waals surface area (Å²) in [6, 6.07) is 7.27. The Morgan fingerprint density at radius 3 is 2.48 bits per heavy atom. The minimum atomic E-state index is -0.822. The number of benzene rings is 1. The first-order valence-electron chi connectivity index (χ1n) is 7.44. The van der Waals surface area contributed by atoms with Gasteiger partial charge in [-0.15, -0.1) is 0 Å². The van der Waals surface area contributed by atoms with Crippen LogP contribution in [0.2, 0.25) is 0 Å². The van der Waals surface area contributed by atoms with Gasteiger partial charge in [-0.05, 0) is 31.9 Å². The molecule has 0 atom stereocenters. The summed E-state index contributed by atoms with van der Waals surface area (Å²) >= 11 is 0. The molecule has 1 aromatic rings. The number of nitrogens with zero attached hydrogens (tertiary/aromatic N) is 1. The number of fused-ring (bicyclic) bond motifs is 1. The third-order valence-corrected chi connectivity index (χ3v) is 4.18. The first kappa shape index (κ1) is 15.3. The predicted molar refractivity (Wildman–Crippen MR) is 84.4 cm³/mol. The van der Waals surface area contributed by atoms with Gasteiger partial charge < -0.3 is 10.2 Å². The molecular weight excluding hydrogens is 264 g/mol. The lowest BCUT2D eigenvalue weighted by atomic mass is 9.91. The van der Waals surface area contributed by atoms with E-state index in [2.05, 4.69) is 5.32 Å². The first-order chi connectivity index (χ1) is 10.1. The van der Waals surface area contributed by atoms with E-state index in [0.717, 1.165) is 0 Å². The molecule has 1 aliphatic heterocycles. The molecule has 1 aromatic carbocycles. The van der Waals surface area contributed by atoms with E-state index < -0.39 is 5.54 Å². The van der Waals surface area contributed by atoms with Crippen molar-refractivity contribution in [2.75, 3.05) is 11.4 Å². The van der Waals surface area contributed by atoms with E-state index in [4.69, 9.17) is 0 Å². The Bertz CT molecular complexity index is 574. The van der Waals surface area contributed by atoms with E-state index >= 15 is 0 Å². The molecule has 0 unspecified atom stereocenters. The molecule has 2 rings (SSSR count). The third kappa shape index (κ3) is 2.58. The number of allylic oxidation sites excluding steroid dienone is 1. The van der Waals surface area contributed by atoms with Crippen LogP contribution in [0.5, 0.6) is 0 Å². The average molecular weight is 286 g/mol. The molecule has 4 nitrogen and oxygen atoms in total. The normalized spacial score (nSPS) is 17.6. The third-order valence-electron chi connectivity index (χ3n) is 4.18. The number of carbonyl (C=O) groups is 2. The van der Waals surface area contributed by atoms with Crippen molar-refractivity contribution in [3.63, 3.8) is 0 Å². The van der Waals surface area contributed by atoms with Gasteiger partial charge in [0.15, 0.2) is 0 Å². The van der Waals surface area contributed by atoms with E-state index in [1.807, 2.05) is 51.1 Å². The van der Waals surface area contributed by atoms with Crippen LogP contribution in [0, 0.1) is 0 Å². The smallest absolute Gasteiger partial charge is 0.254 e. The fraction of sp³-hybridized carbons (Fsp3) is 0.412. The van der Waals surface area contributed by atoms with E-state index in [9.17, 15) is 9.59 Å². The Kier molecular flexibility index (Phi) is 4.46. The van der Waals surface area contributed by atoms with Crippen LogP contribution in [0.1, 0.15) is 44.0 Å². The fourth-order valence-corrected chi connectivity index (χ4v) is 2.73. The van der Waals surface area contributed by atoms with Crippen molar-refractivity contribution in [1.29, 1.82) is 0 Å². The second-order valence-electron chi connectivity index (χ2n) is 5.25. The van der Waals surface area contributed by atoms with Crippen LogP contribution in [0.15, 0.2) is 36.4 Å². The van der Waals surface area contributed by atoms with E-state index in [1.54, 1.807) is 11.0 Å². The minimum absolute atomic E-state index is 0.0381. The zero-order valence-electron chi connectivity index (χ0n) is 12.8. The topological polar surface area (TPSA) is 49.4 Å². The zero-order chi connectivity index (χ0) is 15.5. The highest BCUT2D eigenvalue weighted by molar-refractivity contribution is 6.12. The molecular formula is C17H22N2O2. The molecule has 1 aliphatic rings. The van der Waals surface area contributed by atoms with Gasteiger partial charge in [0, 0.05) is 6.54 Å². The number of anilines is 1. The molecule has 0 saturated carbocycles. The summed E-state index contributed by atoms with van der Waals surface area (Å²) in [5.41, 5.74) is 0.415. The van der Waals surface area contributed by atoms with Crippen LogP contribution in [-0.4, -0.2) is 23.9 Å². The lowest BCUT2D eigenvalue weighted by Crippen LogP contribution is -2.57. The van der Waals surface area contributed by atoms with Crippen molar-refractivity contribution in [3.05, 3.63) is 42.0 Å². The van der Waals surface area contributed by atoms with Crippen molar-refractivity contribution < 1.29 is 9.59 Å². The molecule has 21 heavy (non-hydrogen) atoms. The van der Waals surface area contributed by atoms with Gasteiger partial charge in [-0.3, -0.25) is 9.59 Å². The summed E-state index contributed by atoms with van der Waals surface area (Å²) in [7, 11) is 0. The maximum atomic E-state index is 13.0. The molecule has 0 aliphatic carbocycles. The van der Waals surface area contributed by atoms with Crippen molar-refractivity contribution in [2.45, 2.75) is 39.2 Å². The standard InChI is InChI=1S/C17H22N2O2/c1-4-7-12-19-14-11-9-8-10-13(14)15(20)18-17(5-2,6-3)16(19)21/h4,7-11H,5-6,12H2,1-3H3,(H,18,20)/b7-4+. The van der Waals surface area contributed by atoms with Gasteiger partial charge in [0.1, 0.15) is 5.54 Å². The van der Waals surface area contributed by atoms with Gasteiger partial charge in [0.2, 0.25) is 0 Å². The zero-order valence-corrected chi connectivity index (χ0v) is 12.8. The highest BCUT2D eigenvalue weighted by Crippen LogP contribution is 2.30. The summed E-state index contributed by atoms with van der Waals surface area (Å²) in [6.45, 7) is 6.27. The Morgan fingerprint density at radius 1 is 1.19 bits per heavy atom. The summed E-state index contributed by atoms with van der Waals surface area (Å²) < 4.78 is 0. The quantitative estimate of drug-likeness (QED) is 0.865. The molecule has 0 bridgehead atoms. The minimum Gasteiger partial charge on any atom is -0.338 e. The molecule has 0 saturated heterocycles. The van der Waals surface area contributed by atoms with E-state index in [1.165, 1.54) is 0 Å². The Morgan fingerprint density at radius 2 is 1.86 bits per heavy atom. The SMILES string of the molecule is C/C=C/CN1C(=O)C(CC)(CC)NC(=O)c2ccccc21. The molecule has 2 amide bonds. The molecule has 0 fully saturated rings. The van der Waals surface area contributed by atoms with Crippen molar-refractivity contribution in [3.8, 4) is 0 Å². The van der Waals surface area contributed by atoms with Gasteiger partial charge in [-0.1, -0.05) is 38.1 Å². The van der Waals surface area contributed by atoms with E-state index in [-0.39, 0.29) is 11.8 Å². The molecule has 112 valence electrons. The number of nitrogens with one attached hydrogen (secondary N) is 1.